The summed E-state index contributed by atoms with van der Waals surface area (Å²) in [5.74, 6) is -0.229. The first-order valence-corrected chi connectivity index (χ1v) is 5.31. The van der Waals surface area contributed by atoms with Crippen LogP contribution < -0.4 is 5.32 Å². The topological polar surface area (TPSA) is 65.8 Å². The number of nitrogens with one attached hydrogen (secondary N) is 1. The van der Waals surface area contributed by atoms with Gasteiger partial charge in [0.15, 0.2) is 0 Å². The van der Waals surface area contributed by atoms with Gasteiger partial charge in [0.2, 0.25) is 0 Å². The molecule has 0 spiro atoms. The summed E-state index contributed by atoms with van der Waals surface area (Å²) in [6.45, 7) is 3.78. The Morgan fingerprint density at radius 1 is 1.44 bits per heavy atom. The Bertz CT molecular complexity index is 390. The van der Waals surface area contributed by atoms with Crippen molar-refractivity contribution in [2.45, 2.75) is 32.2 Å². The average molecular weight is 217 g/mol. The van der Waals surface area contributed by atoms with Crippen LogP contribution in [0.2, 0.25) is 0 Å². The highest BCUT2D eigenvalue weighted by Gasteiger charge is 2.27. The number of hydrogen-bond donors (Lipinski definition) is 1. The molecule has 0 bridgehead atoms. The van der Waals surface area contributed by atoms with E-state index in [-0.39, 0.29) is 5.91 Å². The van der Waals surface area contributed by atoms with E-state index in [4.69, 9.17) is 5.26 Å². The van der Waals surface area contributed by atoms with Gasteiger partial charge in [-0.25, -0.2) is 0 Å². The van der Waals surface area contributed by atoms with Crippen LogP contribution in [0.4, 0.5) is 0 Å². The van der Waals surface area contributed by atoms with Gasteiger partial charge in [-0.05, 0) is 25.0 Å². The summed E-state index contributed by atoms with van der Waals surface area (Å²) in [4.78, 5) is 15.7. The van der Waals surface area contributed by atoms with Crippen molar-refractivity contribution >= 4 is 5.91 Å². The lowest BCUT2D eigenvalue weighted by Crippen LogP contribution is -2.46. The number of hydrogen-bond acceptors (Lipinski definition) is 3. The summed E-state index contributed by atoms with van der Waals surface area (Å²) < 4.78 is 0. The van der Waals surface area contributed by atoms with E-state index in [9.17, 15) is 4.79 Å². The highest BCUT2D eigenvalue weighted by Crippen LogP contribution is 2.14. The summed E-state index contributed by atoms with van der Waals surface area (Å²) in [5.41, 5.74) is -0.239. The van der Waals surface area contributed by atoms with Gasteiger partial charge in [0.25, 0.3) is 5.91 Å². The fourth-order valence-corrected chi connectivity index (χ4v) is 1.41. The predicted molar refractivity (Wildman–Crippen MR) is 60.6 cm³/mol. The van der Waals surface area contributed by atoms with Crippen LogP contribution in [0.5, 0.6) is 0 Å². The van der Waals surface area contributed by atoms with Crippen molar-refractivity contribution < 1.29 is 4.79 Å². The summed E-state index contributed by atoms with van der Waals surface area (Å²) >= 11 is 0. The van der Waals surface area contributed by atoms with Crippen molar-refractivity contribution in [3.63, 3.8) is 0 Å². The smallest absolute Gasteiger partial charge is 0.252 e. The van der Waals surface area contributed by atoms with Gasteiger partial charge in [0.05, 0.1) is 6.07 Å². The zero-order chi connectivity index (χ0) is 12.0. The number of nitrogens with zero attached hydrogens (tertiary/aromatic N) is 2. The van der Waals surface area contributed by atoms with Crippen LogP contribution in [-0.2, 0) is 0 Å². The fraction of sp³-hybridized carbons (Fsp3) is 0.417. The van der Waals surface area contributed by atoms with E-state index in [1.807, 2.05) is 13.8 Å². The number of carbonyl (C=O) groups is 1. The lowest BCUT2D eigenvalue weighted by atomic mass is 9.94. The number of pyridine rings is 1. The molecule has 0 saturated carbocycles. The molecule has 0 radical (unpaired) electrons. The molecule has 0 aromatic carbocycles. The molecule has 0 aliphatic rings. The molecule has 16 heavy (non-hydrogen) atoms. The number of amides is 1. The highest BCUT2D eigenvalue weighted by molar-refractivity contribution is 5.94. The van der Waals surface area contributed by atoms with Gasteiger partial charge in [-0.2, -0.15) is 5.26 Å². The molecule has 1 rings (SSSR count). The summed E-state index contributed by atoms with van der Waals surface area (Å²) in [6, 6.07) is 5.42. The van der Waals surface area contributed by atoms with Gasteiger partial charge < -0.3 is 5.32 Å². The SMILES string of the molecule is CCC(C#N)(CC)NC(=O)c1ccncc1. The first-order valence-electron chi connectivity index (χ1n) is 5.31. The van der Waals surface area contributed by atoms with Crippen LogP contribution in [0.25, 0.3) is 0 Å². The largest absolute Gasteiger partial charge is 0.334 e. The molecule has 1 heterocycles. The molecule has 0 saturated heterocycles. The monoisotopic (exact) mass is 217 g/mol. The van der Waals surface area contributed by atoms with Crippen LogP contribution >= 0.6 is 0 Å². The molecule has 0 unspecified atom stereocenters. The van der Waals surface area contributed by atoms with Crippen LogP contribution in [0.15, 0.2) is 24.5 Å². The van der Waals surface area contributed by atoms with E-state index in [1.54, 1.807) is 24.5 Å². The van der Waals surface area contributed by atoms with Crippen LogP contribution in [0, 0.1) is 11.3 Å². The maximum atomic E-state index is 11.8. The lowest BCUT2D eigenvalue weighted by Gasteiger charge is -2.24. The molecule has 4 nitrogen and oxygen atoms in total. The molecule has 1 N–H and O–H groups in total. The van der Waals surface area contributed by atoms with E-state index in [1.165, 1.54) is 0 Å². The minimum Gasteiger partial charge on any atom is -0.334 e. The molecule has 1 aromatic heterocycles. The van der Waals surface area contributed by atoms with Gasteiger partial charge in [0.1, 0.15) is 5.54 Å². The van der Waals surface area contributed by atoms with Gasteiger partial charge >= 0.3 is 0 Å². The van der Waals surface area contributed by atoms with Crippen molar-refractivity contribution in [3.8, 4) is 6.07 Å². The normalized spacial score (nSPS) is 10.6. The number of aromatic nitrogens is 1. The third-order valence-electron chi connectivity index (χ3n) is 2.72. The zero-order valence-corrected chi connectivity index (χ0v) is 9.53. The van der Waals surface area contributed by atoms with Crippen LogP contribution in [0.3, 0.4) is 0 Å². The van der Waals surface area contributed by atoms with Gasteiger partial charge in [-0.15, -0.1) is 0 Å². The number of carbonyl (C=O) groups excluding carboxylic acids is 1. The minimum atomic E-state index is -0.764. The van der Waals surface area contributed by atoms with E-state index >= 15 is 0 Å². The van der Waals surface area contributed by atoms with E-state index in [0.717, 1.165) is 0 Å². The Morgan fingerprint density at radius 3 is 2.44 bits per heavy atom. The first kappa shape index (κ1) is 12.2. The van der Waals surface area contributed by atoms with Crippen LogP contribution in [0.1, 0.15) is 37.0 Å². The Hall–Kier alpha value is -1.89. The van der Waals surface area contributed by atoms with Crippen molar-refractivity contribution in [3.05, 3.63) is 30.1 Å². The second kappa shape index (κ2) is 5.26. The van der Waals surface area contributed by atoms with E-state index < -0.39 is 5.54 Å². The molecule has 0 aliphatic heterocycles. The van der Waals surface area contributed by atoms with E-state index in [0.29, 0.717) is 18.4 Å². The Morgan fingerprint density at radius 2 is 2.00 bits per heavy atom. The van der Waals surface area contributed by atoms with Gasteiger partial charge in [-0.3, -0.25) is 9.78 Å². The molecule has 1 aromatic rings. The molecule has 0 atom stereocenters. The third kappa shape index (κ3) is 2.57. The quantitative estimate of drug-likeness (QED) is 0.837. The summed E-state index contributed by atoms with van der Waals surface area (Å²) in [5, 5.41) is 11.9. The molecule has 1 amide bonds. The van der Waals surface area contributed by atoms with Crippen molar-refractivity contribution in [2.75, 3.05) is 0 Å². The molecule has 0 aliphatic carbocycles. The highest BCUT2D eigenvalue weighted by atomic mass is 16.1. The molecule has 84 valence electrons. The predicted octanol–water partition coefficient (Wildman–Crippen LogP) is 1.89. The standard InChI is InChI=1S/C12H15N3O/c1-3-12(4-2,9-13)15-11(16)10-5-7-14-8-6-10/h5-8H,3-4H2,1-2H3,(H,15,16). The van der Waals surface area contributed by atoms with Crippen molar-refractivity contribution in [1.29, 1.82) is 5.26 Å². The Balaban J connectivity index is 2.82. The minimum absolute atomic E-state index is 0.229. The fourth-order valence-electron chi connectivity index (χ4n) is 1.41. The second-order valence-electron chi connectivity index (χ2n) is 3.59. The van der Waals surface area contributed by atoms with Crippen molar-refractivity contribution in [2.24, 2.45) is 0 Å². The Labute approximate surface area is 95.3 Å². The zero-order valence-electron chi connectivity index (χ0n) is 9.53. The molecule has 0 fully saturated rings. The first-order chi connectivity index (χ1) is 7.67. The van der Waals surface area contributed by atoms with Crippen molar-refractivity contribution in [1.82, 2.24) is 10.3 Å². The Kier molecular flexibility index (Phi) is 4.01. The molecular formula is C12H15N3O. The summed E-state index contributed by atoms with van der Waals surface area (Å²) in [6.07, 6.45) is 4.30. The third-order valence-corrected chi connectivity index (χ3v) is 2.72. The van der Waals surface area contributed by atoms with Crippen LogP contribution in [-0.4, -0.2) is 16.4 Å². The maximum Gasteiger partial charge on any atom is 0.252 e. The van der Waals surface area contributed by atoms with Gasteiger partial charge in [0, 0.05) is 18.0 Å². The number of rotatable bonds is 4. The van der Waals surface area contributed by atoms with Gasteiger partial charge in [-0.1, -0.05) is 13.8 Å². The number of nitriles is 1. The van der Waals surface area contributed by atoms with E-state index in [2.05, 4.69) is 16.4 Å². The second-order valence-corrected chi connectivity index (χ2v) is 3.59. The molecule has 4 heteroatoms. The molecular weight excluding hydrogens is 202 g/mol. The lowest BCUT2D eigenvalue weighted by molar-refractivity contribution is 0.0915. The average Bonchev–Trinajstić information content (AvgIpc) is 2.37. The summed E-state index contributed by atoms with van der Waals surface area (Å²) in [7, 11) is 0. The maximum absolute atomic E-state index is 11.8.